The van der Waals surface area contributed by atoms with Crippen LogP contribution >= 0.6 is 0 Å². The van der Waals surface area contributed by atoms with E-state index < -0.39 is 0 Å². The molecule has 0 bridgehead atoms. The predicted molar refractivity (Wildman–Crippen MR) is 97.3 cm³/mol. The van der Waals surface area contributed by atoms with E-state index in [1.807, 2.05) is 0 Å². The van der Waals surface area contributed by atoms with E-state index in [2.05, 4.69) is 48.2 Å². The maximum atomic E-state index is 10.5. The summed E-state index contributed by atoms with van der Waals surface area (Å²) in [5.41, 5.74) is 1.25. The number of piperidine rings is 1. The van der Waals surface area contributed by atoms with Crippen molar-refractivity contribution in [1.82, 2.24) is 9.80 Å². The fourth-order valence-electron chi connectivity index (χ4n) is 4.05. The van der Waals surface area contributed by atoms with Gasteiger partial charge in [0, 0.05) is 25.2 Å². The van der Waals surface area contributed by atoms with Gasteiger partial charge in [0.2, 0.25) is 0 Å². The number of hydrogen-bond acceptors (Lipinski definition) is 4. The van der Waals surface area contributed by atoms with Crippen molar-refractivity contribution in [2.24, 2.45) is 5.92 Å². The topological polar surface area (TPSA) is 35.9 Å². The monoisotopic (exact) mass is 332 g/mol. The van der Waals surface area contributed by atoms with Crippen LogP contribution in [0.1, 0.15) is 37.7 Å². The molecule has 2 aliphatic rings. The van der Waals surface area contributed by atoms with E-state index in [4.69, 9.17) is 4.74 Å². The van der Waals surface area contributed by atoms with E-state index in [0.717, 1.165) is 38.3 Å². The summed E-state index contributed by atoms with van der Waals surface area (Å²) in [4.78, 5) is 4.54. The lowest BCUT2D eigenvalue weighted by atomic mass is 9.93. The molecule has 0 radical (unpaired) electrons. The zero-order valence-electron chi connectivity index (χ0n) is 15.2. The fraction of sp³-hybridized carbons (Fsp3) is 0.700. The molecule has 134 valence electrons. The van der Waals surface area contributed by atoms with Crippen molar-refractivity contribution in [2.45, 2.75) is 50.9 Å². The van der Waals surface area contributed by atoms with Gasteiger partial charge in [-0.25, -0.2) is 0 Å². The van der Waals surface area contributed by atoms with Gasteiger partial charge in [0.1, 0.15) is 5.75 Å². The molecule has 4 nitrogen and oxygen atoms in total. The standard InChI is InChI=1S/C20H32N2O2/c1-21(2)13-16-11-12-22(15-19(16)23)14-17-7-3-6-10-20(17)24-18-8-4-5-9-18/h3,6-7,10,16,18-19,23H,4-5,8-9,11-15H2,1-2H3/t16-,19+/m0/s1. The number of likely N-dealkylation sites (tertiary alicyclic amines) is 1. The lowest BCUT2D eigenvalue weighted by Crippen LogP contribution is -2.46. The average Bonchev–Trinajstić information content (AvgIpc) is 3.05. The molecular formula is C20H32N2O2. The average molecular weight is 332 g/mol. The van der Waals surface area contributed by atoms with Crippen molar-refractivity contribution >= 4 is 0 Å². The molecule has 4 heteroatoms. The number of hydrogen-bond donors (Lipinski definition) is 1. The normalized spacial score (nSPS) is 26.2. The molecule has 1 N–H and O–H groups in total. The van der Waals surface area contributed by atoms with Crippen molar-refractivity contribution in [1.29, 1.82) is 0 Å². The first-order valence-electron chi connectivity index (χ1n) is 9.41. The summed E-state index contributed by atoms with van der Waals surface area (Å²) in [6, 6.07) is 8.42. The highest BCUT2D eigenvalue weighted by molar-refractivity contribution is 5.33. The molecule has 0 aromatic heterocycles. The smallest absolute Gasteiger partial charge is 0.124 e. The molecular weight excluding hydrogens is 300 g/mol. The lowest BCUT2D eigenvalue weighted by Gasteiger charge is -2.37. The Morgan fingerprint density at radius 1 is 1.17 bits per heavy atom. The van der Waals surface area contributed by atoms with Gasteiger partial charge in [0.25, 0.3) is 0 Å². The lowest BCUT2D eigenvalue weighted by molar-refractivity contribution is 0.00875. The maximum Gasteiger partial charge on any atom is 0.124 e. The molecule has 2 fully saturated rings. The largest absolute Gasteiger partial charge is 0.490 e. The van der Waals surface area contributed by atoms with E-state index >= 15 is 0 Å². The second-order valence-electron chi connectivity index (χ2n) is 7.75. The van der Waals surface area contributed by atoms with E-state index in [0.29, 0.717) is 12.0 Å². The summed E-state index contributed by atoms with van der Waals surface area (Å²) in [5, 5.41) is 10.5. The SMILES string of the molecule is CN(C)C[C@@H]1CCN(Cc2ccccc2OC2CCCC2)C[C@H]1O. The van der Waals surface area contributed by atoms with Crippen LogP contribution in [0, 0.1) is 5.92 Å². The van der Waals surface area contributed by atoms with Gasteiger partial charge in [-0.2, -0.15) is 0 Å². The summed E-state index contributed by atoms with van der Waals surface area (Å²) in [6.07, 6.45) is 6.17. The predicted octanol–water partition coefficient (Wildman–Crippen LogP) is 2.75. The summed E-state index contributed by atoms with van der Waals surface area (Å²) >= 11 is 0. The Morgan fingerprint density at radius 3 is 2.62 bits per heavy atom. The molecule has 3 rings (SSSR count). The molecule has 1 saturated carbocycles. The molecule has 0 amide bonds. The van der Waals surface area contributed by atoms with Crippen molar-refractivity contribution < 1.29 is 9.84 Å². The third kappa shape index (κ3) is 4.71. The second-order valence-corrected chi connectivity index (χ2v) is 7.75. The minimum Gasteiger partial charge on any atom is -0.490 e. The van der Waals surface area contributed by atoms with Gasteiger partial charge in [-0.1, -0.05) is 18.2 Å². The van der Waals surface area contributed by atoms with Crippen LogP contribution in [-0.4, -0.2) is 60.8 Å². The Morgan fingerprint density at radius 2 is 1.92 bits per heavy atom. The van der Waals surface area contributed by atoms with Gasteiger partial charge in [-0.15, -0.1) is 0 Å². The van der Waals surface area contributed by atoms with Crippen molar-refractivity contribution in [3.05, 3.63) is 29.8 Å². The zero-order valence-corrected chi connectivity index (χ0v) is 15.2. The summed E-state index contributed by atoms with van der Waals surface area (Å²) < 4.78 is 6.25. The number of nitrogens with zero attached hydrogens (tertiary/aromatic N) is 2. The second kappa shape index (κ2) is 8.32. The van der Waals surface area contributed by atoms with Gasteiger partial charge >= 0.3 is 0 Å². The first-order valence-corrected chi connectivity index (χ1v) is 9.41. The molecule has 0 spiro atoms. The summed E-state index contributed by atoms with van der Waals surface area (Å²) in [6.45, 7) is 3.65. The highest BCUT2D eigenvalue weighted by Gasteiger charge is 2.28. The maximum absolute atomic E-state index is 10.5. The van der Waals surface area contributed by atoms with Crippen LogP contribution in [0.2, 0.25) is 0 Å². The van der Waals surface area contributed by atoms with E-state index in [1.165, 1.54) is 31.2 Å². The Labute approximate surface area is 146 Å². The quantitative estimate of drug-likeness (QED) is 0.869. The highest BCUT2D eigenvalue weighted by atomic mass is 16.5. The third-order valence-corrected chi connectivity index (χ3v) is 5.37. The van der Waals surface area contributed by atoms with Gasteiger partial charge in [0.15, 0.2) is 0 Å². The van der Waals surface area contributed by atoms with Crippen LogP contribution in [0.3, 0.4) is 0 Å². The first-order chi connectivity index (χ1) is 11.6. The van der Waals surface area contributed by atoms with E-state index in [1.54, 1.807) is 0 Å². The van der Waals surface area contributed by atoms with E-state index in [9.17, 15) is 5.11 Å². The number of para-hydroxylation sites is 1. The first kappa shape index (κ1) is 17.7. The van der Waals surface area contributed by atoms with Crippen LogP contribution in [0.4, 0.5) is 0 Å². The van der Waals surface area contributed by atoms with Crippen LogP contribution in [-0.2, 0) is 6.54 Å². The zero-order chi connectivity index (χ0) is 16.9. The van der Waals surface area contributed by atoms with Crippen LogP contribution in [0.25, 0.3) is 0 Å². The minimum absolute atomic E-state index is 0.232. The fourth-order valence-corrected chi connectivity index (χ4v) is 4.05. The minimum atomic E-state index is -0.232. The van der Waals surface area contributed by atoms with Gasteiger partial charge in [0.05, 0.1) is 12.2 Å². The molecule has 1 heterocycles. The molecule has 1 aliphatic carbocycles. The molecule has 1 aliphatic heterocycles. The Balaban J connectivity index is 1.58. The van der Waals surface area contributed by atoms with Crippen LogP contribution in [0.15, 0.2) is 24.3 Å². The third-order valence-electron chi connectivity index (χ3n) is 5.37. The molecule has 1 aromatic rings. The van der Waals surface area contributed by atoms with Gasteiger partial charge in [-0.05, 0) is 64.7 Å². The molecule has 1 saturated heterocycles. The van der Waals surface area contributed by atoms with Crippen LogP contribution in [0.5, 0.6) is 5.75 Å². The van der Waals surface area contributed by atoms with Gasteiger partial charge in [-0.3, -0.25) is 4.90 Å². The number of aliphatic hydroxyl groups excluding tert-OH is 1. The number of rotatable bonds is 6. The molecule has 0 unspecified atom stereocenters. The number of ether oxygens (including phenoxy) is 1. The Bertz CT molecular complexity index is 514. The number of β-amino-alcohol motifs (C(OH)–C–C–N with tert-alkyl or cyclic N) is 1. The number of aliphatic hydroxyl groups is 1. The molecule has 1 aromatic carbocycles. The van der Waals surface area contributed by atoms with Crippen molar-refractivity contribution in [2.75, 3.05) is 33.7 Å². The molecule has 2 atom stereocenters. The van der Waals surface area contributed by atoms with E-state index in [-0.39, 0.29) is 6.10 Å². The number of benzene rings is 1. The summed E-state index contributed by atoms with van der Waals surface area (Å²) in [5.74, 6) is 1.43. The Kier molecular flexibility index (Phi) is 6.14. The van der Waals surface area contributed by atoms with Gasteiger partial charge < -0.3 is 14.7 Å². The van der Waals surface area contributed by atoms with Crippen molar-refractivity contribution in [3.8, 4) is 5.75 Å². The Hall–Kier alpha value is -1.10. The molecule has 24 heavy (non-hydrogen) atoms. The van der Waals surface area contributed by atoms with Crippen molar-refractivity contribution in [3.63, 3.8) is 0 Å². The highest BCUT2D eigenvalue weighted by Crippen LogP contribution is 2.28. The summed E-state index contributed by atoms with van der Waals surface area (Å²) in [7, 11) is 4.16. The van der Waals surface area contributed by atoms with Crippen LogP contribution < -0.4 is 4.74 Å².